The maximum atomic E-state index is 10.7. The van der Waals surface area contributed by atoms with E-state index in [1.807, 2.05) is 54.6 Å². The van der Waals surface area contributed by atoms with E-state index in [9.17, 15) is 4.79 Å². The van der Waals surface area contributed by atoms with Crippen LogP contribution in [0.25, 0.3) is 21.9 Å². The Labute approximate surface area is 116 Å². The Kier molecular flexibility index (Phi) is 3.06. The standard InChI is InChI=1S/C17H11ClO/c18-17-10-9-14(15-3-1-2-4-16(15)17)13-7-5-12(11-19)6-8-13/h1-11H. The molecule has 0 radical (unpaired) electrons. The number of halogens is 1. The predicted molar refractivity (Wildman–Crippen MR) is 79.8 cm³/mol. The normalized spacial score (nSPS) is 10.6. The molecule has 3 rings (SSSR count). The molecule has 0 fully saturated rings. The molecule has 0 spiro atoms. The van der Waals surface area contributed by atoms with Gasteiger partial charge in [0, 0.05) is 16.0 Å². The van der Waals surface area contributed by atoms with Gasteiger partial charge >= 0.3 is 0 Å². The quantitative estimate of drug-likeness (QED) is 0.598. The highest BCUT2D eigenvalue weighted by molar-refractivity contribution is 6.36. The van der Waals surface area contributed by atoms with Gasteiger partial charge in [-0.2, -0.15) is 0 Å². The molecule has 0 aliphatic carbocycles. The van der Waals surface area contributed by atoms with Crippen molar-refractivity contribution in [3.8, 4) is 11.1 Å². The van der Waals surface area contributed by atoms with Crippen LogP contribution < -0.4 is 0 Å². The van der Waals surface area contributed by atoms with Gasteiger partial charge < -0.3 is 0 Å². The van der Waals surface area contributed by atoms with Crippen LogP contribution in [0.2, 0.25) is 5.02 Å². The molecule has 0 aliphatic heterocycles. The first-order valence-corrected chi connectivity index (χ1v) is 6.40. The summed E-state index contributed by atoms with van der Waals surface area (Å²) in [5.41, 5.74) is 2.89. The number of benzene rings is 3. The molecule has 3 aromatic rings. The lowest BCUT2D eigenvalue weighted by atomic mass is 9.97. The van der Waals surface area contributed by atoms with Gasteiger partial charge in [-0.1, -0.05) is 66.2 Å². The number of hydrogen-bond donors (Lipinski definition) is 0. The van der Waals surface area contributed by atoms with Gasteiger partial charge in [-0.25, -0.2) is 0 Å². The molecule has 0 unspecified atom stereocenters. The monoisotopic (exact) mass is 266 g/mol. The van der Waals surface area contributed by atoms with E-state index in [1.165, 1.54) is 0 Å². The Bertz CT molecular complexity index is 745. The number of hydrogen-bond acceptors (Lipinski definition) is 1. The fourth-order valence-corrected chi connectivity index (χ4v) is 2.48. The molecule has 0 aromatic heterocycles. The summed E-state index contributed by atoms with van der Waals surface area (Å²) in [4.78, 5) is 10.7. The van der Waals surface area contributed by atoms with E-state index in [-0.39, 0.29) is 0 Å². The molecule has 92 valence electrons. The van der Waals surface area contributed by atoms with Gasteiger partial charge in [-0.3, -0.25) is 4.79 Å². The van der Waals surface area contributed by atoms with Crippen LogP contribution in [-0.2, 0) is 0 Å². The van der Waals surface area contributed by atoms with Gasteiger partial charge in [0.05, 0.1) is 0 Å². The van der Waals surface area contributed by atoms with Crippen LogP contribution in [0.15, 0.2) is 60.7 Å². The number of fused-ring (bicyclic) bond motifs is 1. The number of carbonyl (C=O) groups is 1. The van der Waals surface area contributed by atoms with Crippen molar-refractivity contribution in [3.05, 3.63) is 71.2 Å². The number of aldehydes is 1. The van der Waals surface area contributed by atoms with E-state index in [0.29, 0.717) is 5.56 Å². The maximum absolute atomic E-state index is 10.7. The average molecular weight is 267 g/mol. The molecule has 3 aromatic carbocycles. The molecule has 0 heterocycles. The molecule has 0 saturated heterocycles. The third-order valence-corrected chi connectivity index (χ3v) is 3.56. The van der Waals surface area contributed by atoms with Crippen molar-refractivity contribution < 1.29 is 4.79 Å². The van der Waals surface area contributed by atoms with Gasteiger partial charge in [0.15, 0.2) is 0 Å². The van der Waals surface area contributed by atoms with Gasteiger partial charge in [0.25, 0.3) is 0 Å². The third-order valence-electron chi connectivity index (χ3n) is 3.23. The Morgan fingerprint density at radius 2 is 1.47 bits per heavy atom. The van der Waals surface area contributed by atoms with Gasteiger partial charge in [-0.05, 0) is 22.6 Å². The second kappa shape index (κ2) is 4.87. The topological polar surface area (TPSA) is 17.1 Å². The van der Waals surface area contributed by atoms with Crippen LogP contribution in [0.5, 0.6) is 0 Å². The van der Waals surface area contributed by atoms with Crippen LogP contribution in [0.3, 0.4) is 0 Å². The zero-order valence-corrected chi connectivity index (χ0v) is 10.9. The predicted octanol–water partition coefficient (Wildman–Crippen LogP) is 4.97. The zero-order chi connectivity index (χ0) is 13.2. The van der Waals surface area contributed by atoms with Crippen molar-refractivity contribution in [3.63, 3.8) is 0 Å². The molecule has 1 nitrogen and oxygen atoms in total. The van der Waals surface area contributed by atoms with Crippen molar-refractivity contribution in [2.75, 3.05) is 0 Å². The second-order valence-electron chi connectivity index (χ2n) is 4.38. The average Bonchev–Trinajstić information content (AvgIpc) is 2.48. The smallest absolute Gasteiger partial charge is 0.150 e. The molecule has 2 heteroatoms. The van der Waals surface area contributed by atoms with E-state index >= 15 is 0 Å². The first kappa shape index (κ1) is 11.9. The Hall–Kier alpha value is -2.12. The van der Waals surface area contributed by atoms with E-state index in [4.69, 9.17) is 11.6 Å². The van der Waals surface area contributed by atoms with Crippen LogP contribution in [0.1, 0.15) is 10.4 Å². The van der Waals surface area contributed by atoms with Crippen LogP contribution >= 0.6 is 11.6 Å². The highest BCUT2D eigenvalue weighted by Gasteiger charge is 2.06. The molecule has 0 bridgehead atoms. The minimum absolute atomic E-state index is 0.682. The minimum atomic E-state index is 0.682. The van der Waals surface area contributed by atoms with Crippen molar-refractivity contribution in [2.24, 2.45) is 0 Å². The summed E-state index contributed by atoms with van der Waals surface area (Å²) in [5, 5.41) is 2.92. The third kappa shape index (κ3) is 2.13. The lowest BCUT2D eigenvalue weighted by molar-refractivity contribution is 0.112. The van der Waals surface area contributed by atoms with Gasteiger partial charge in [-0.15, -0.1) is 0 Å². The van der Waals surface area contributed by atoms with E-state index in [1.54, 1.807) is 0 Å². The van der Waals surface area contributed by atoms with Crippen LogP contribution in [0, 0.1) is 0 Å². The lowest BCUT2D eigenvalue weighted by Crippen LogP contribution is -1.84. The molecular formula is C17H11ClO. The van der Waals surface area contributed by atoms with Gasteiger partial charge in [0.1, 0.15) is 6.29 Å². The first-order chi connectivity index (χ1) is 9.29. The van der Waals surface area contributed by atoms with Crippen molar-refractivity contribution in [2.45, 2.75) is 0 Å². The fraction of sp³-hybridized carbons (Fsp3) is 0. The maximum Gasteiger partial charge on any atom is 0.150 e. The largest absolute Gasteiger partial charge is 0.298 e. The minimum Gasteiger partial charge on any atom is -0.298 e. The SMILES string of the molecule is O=Cc1ccc(-c2ccc(Cl)c3ccccc23)cc1. The van der Waals surface area contributed by atoms with Crippen LogP contribution in [-0.4, -0.2) is 6.29 Å². The van der Waals surface area contributed by atoms with Crippen molar-refractivity contribution in [1.29, 1.82) is 0 Å². The van der Waals surface area contributed by atoms with E-state index in [0.717, 1.165) is 33.2 Å². The molecule has 0 N–H and O–H groups in total. The lowest BCUT2D eigenvalue weighted by Gasteiger charge is -2.08. The Morgan fingerprint density at radius 3 is 2.16 bits per heavy atom. The molecule has 19 heavy (non-hydrogen) atoms. The van der Waals surface area contributed by atoms with Gasteiger partial charge in [0.2, 0.25) is 0 Å². The molecule has 0 amide bonds. The highest BCUT2D eigenvalue weighted by Crippen LogP contribution is 2.32. The number of rotatable bonds is 2. The summed E-state index contributed by atoms with van der Waals surface area (Å²) in [6.07, 6.45) is 0.851. The molecule has 0 aliphatic rings. The summed E-state index contributed by atoms with van der Waals surface area (Å²) in [7, 11) is 0. The second-order valence-corrected chi connectivity index (χ2v) is 4.79. The number of carbonyl (C=O) groups excluding carboxylic acids is 1. The summed E-state index contributed by atoms with van der Waals surface area (Å²) >= 11 is 6.22. The van der Waals surface area contributed by atoms with E-state index in [2.05, 4.69) is 6.07 Å². The summed E-state index contributed by atoms with van der Waals surface area (Å²) < 4.78 is 0. The zero-order valence-electron chi connectivity index (χ0n) is 10.1. The molecular weight excluding hydrogens is 256 g/mol. The highest BCUT2D eigenvalue weighted by atomic mass is 35.5. The Balaban J connectivity index is 2.24. The fourth-order valence-electron chi connectivity index (χ4n) is 2.26. The summed E-state index contributed by atoms with van der Waals surface area (Å²) in [6, 6.07) is 19.5. The first-order valence-electron chi connectivity index (χ1n) is 6.02. The summed E-state index contributed by atoms with van der Waals surface area (Å²) in [6.45, 7) is 0. The van der Waals surface area contributed by atoms with E-state index < -0.39 is 0 Å². The Morgan fingerprint density at radius 1 is 0.789 bits per heavy atom. The van der Waals surface area contributed by atoms with Crippen molar-refractivity contribution in [1.82, 2.24) is 0 Å². The molecule has 0 saturated carbocycles. The summed E-state index contributed by atoms with van der Waals surface area (Å²) in [5.74, 6) is 0. The molecule has 0 atom stereocenters. The van der Waals surface area contributed by atoms with Crippen LogP contribution in [0.4, 0.5) is 0 Å². The van der Waals surface area contributed by atoms with Crippen molar-refractivity contribution >= 4 is 28.7 Å².